The molecule has 0 radical (unpaired) electrons. The maximum absolute atomic E-state index is 12.2. The van der Waals surface area contributed by atoms with Gasteiger partial charge in [-0.1, -0.05) is 26.7 Å². The molecule has 1 unspecified atom stereocenters. The molecule has 2 aliphatic carbocycles. The van der Waals surface area contributed by atoms with Crippen LogP contribution in [0.2, 0.25) is 0 Å². The minimum Gasteiger partial charge on any atom is -0.465 e. The summed E-state index contributed by atoms with van der Waals surface area (Å²) in [6, 6.07) is 1.03. The zero-order chi connectivity index (χ0) is 15.2. The number of carbonyl (C=O) groups excluding carboxylic acids is 1. The number of rotatable bonds is 9. The van der Waals surface area contributed by atoms with Crippen molar-refractivity contribution in [2.45, 2.75) is 77.4 Å². The van der Waals surface area contributed by atoms with E-state index in [1.54, 1.807) is 0 Å². The van der Waals surface area contributed by atoms with Crippen molar-refractivity contribution in [3.63, 3.8) is 0 Å². The molecule has 2 saturated carbocycles. The number of hydrogen-bond donors (Lipinski definition) is 1. The van der Waals surface area contributed by atoms with Crippen molar-refractivity contribution in [1.82, 2.24) is 10.2 Å². The van der Waals surface area contributed by atoms with Crippen molar-refractivity contribution in [3.8, 4) is 0 Å². The monoisotopic (exact) mass is 296 g/mol. The van der Waals surface area contributed by atoms with E-state index in [1.807, 2.05) is 6.92 Å². The molecular weight excluding hydrogens is 264 g/mol. The van der Waals surface area contributed by atoms with Gasteiger partial charge in [-0.25, -0.2) is 0 Å². The van der Waals surface area contributed by atoms with Crippen LogP contribution in [0.15, 0.2) is 0 Å². The Hall–Kier alpha value is -0.610. The van der Waals surface area contributed by atoms with Crippen molar-refractivity contribution < 1.29 is 9.53 Å². The Balaban J connectivity index is 1.96. The van der Waals surface area contributed by atoms with E-state index in [4.69, 9.17) is 4.74 Å². The highest BCUT2D eigenvalue weighted by Crippen LogP contribution is 2.25. The molecule has 1 atom stereocenters. The lowest BCUT2D eigenvalue weighted by atomic mass is 10.1. The minimum absolute atomic E-state index is 0.0730. The van der Waals surface area contributed by atoms with Gasteiger partial charge < -0.3 is 10.1 Å². The average molecular weight is 296 g/mol. The number of nitrogens with one attached hydrogen (secondary N) is 1. The van der Waals surface area contributed by atoms with Gasteiger partial charge in [-0.3, -0.25) is 9.69 Å². The van der Waals surface area contributed by atoms with E-state index in [0.717, 1.165) is 13.1 Å². The standard InChI is InChI=1S/C17H32N2O2/c1-4-21-17(20)16(18-14-9-10-14)12-19(11-13(2)3)15-7-5-6-8-15/h13-16,18H,4-12H2,1-3H3. The Morgan fingerprint density at radius 2 is 1.86 bits per heavy atom. The van der Waals surface area contributed by atoms with E-state index in [0.29, 0.717) is 24.6 Å². The van der Waals surface area contributed by atoms with E-state index in [-0.39, 0.29) is 12.0 Å². The number of carbonyl (C=O) groups is 1. The van der Waals surface area contributed by atoms with Crippen LogP contribution in [-0.2, 0) is 9.53 Å². The molecule has 0 aliphatic heterocycles. The Kier molecular flexibility index (Phi) is 6.49. The third kappa shape index (κ3) is 5.59. The third-order valence-electron chi connectivity index (χ3n) is 4.44. The summed E-state index contributed by atoms with van der Waals surface area (Å²) in [5, 5.41) is 3.49. The summed E-state index contributed by atoms with van der Waals surface area (Å²) >= 11 is 0. The molecule has 2 aliphatic rings. The first-order chi connectivity index (χ1) is 10.1. The second kappa shape index (κ2) is 8.14. The minimum atomic E-state index is -0.156. The van der Waals surface area contributed by atoms with E-state index < -0.39 is 0 Å². The van der Waals surface area contributed by atoms with Crippen LogP contribution in [-0.4, -0.2) is 48.7 Å². The van der Waals surface area contributed by atoms with Gasteiger partial charge in [0, 0.05) is 25.2 Å². The van der Waals surface area contributed by atoms with Crippen LogP contribution >= 0.6 is 0 Å². The van der Waals surface area contributed by atoms with Crippen molar-refractivity contribution >= 4 is 5.97 Å². The Labute approximate surface area is 129 Å². The van der Waals surface area contributed by atoms with Crippen molar-refractivity contribution in [2.24, 2.45) is 5.92 Å². The fourth-order valence-electron chi connectivity index (χ4n) is 3.32. The summed E-state index contributed by atoms with van der Waals surface area (Å²) in [6.07, 6.45) is 7.63. The zero-order valence-electron chi connectivity index (χ0n) is 13.9. The topological polar surface area (TPSA) is 41.6 Å². The van der Waals surface area contributed by atoms with Crippen LogP contribution < -0.4 is 5.32 Å². The number of hydrogen-bond acceptors (Lipinski definition) is 4. The quantitative estimate of drug-likeness (QED) is 0.664. The summed E-state index contributed by atoms with van der Waals surface area (Å²) < 4.78 is 5.27. The van der Waals surface area contributed by atoms with Crippen LogP contribution in [0.4, 0.5) is 0 Å². The Bertz CT molecular complexity index is 323. The third-order valence-corrected chi connectivity index (χ3v) is 4.44. The first-order valence-electron chi connectivity index (χ1n) is 8.76. The molecule has 122 valence electrons. The lowest BCUT2D eigenvalue weighted by molar-refractivity contribution is -0.146. The molecular formula is C17H32N2O2. The predicted octanol–water partition coefficient (Wildman–Crippen LogP) is 2.57. The van der Waals surface area contributed by atoms with Crippen LogP contribution in [0.3, 0.4) is 0 Å². The molecule has 0 heterocycles. The summed E-state index contributed by atoms with van der Waals surface area (Å²) in [5.41, 5.74) is 0. The fourth-order valence-corrected chi connectivity index (χ4v) is 3.32. The summed E-state index contributed by atoms with van der Waals surface area (Å²) in [5.74, 6) is 0.561. The molecule has 2 rings (SSSR count). The van der Waals surface area contributed by atoms with E-state index in [1.165, 1.54) is 38.5 Å². The van der Waals surface area contributed by atoms with Gasteiger partial charge >= 0.3 is 5.97 Å². The van der Waals surface area contributed by atoms with Crippen LogP contribution in [0.25, 0.3) is 0 Å². The van der Waals surface area contributed by atoms with Gasteiger partial charge in [0.15, 0.2) is 0 Å². The highest BCUT2D eigenvalue weighted by atomic mass is 16.5. The lowest BCUT2D eigenvalue weighted by Crippen LogP contribution is -2.51. The molecule has 0 bridgehead atoms. The SMILES string of the molecule is CCOC(=O)C(CN(CC(C)C)C1CCCC1)NC1CC1. The van der Waals surface area contributed by atoms with Crippen molar-refractivity contribution in [1.29, 1.82) is 0 Å². The maximum atomic E-state index is 12.2. The van der Waals surface area contributed by atoms with E-state index in [9.17, 15) is 4.79 Å². The second-order valence-corrected chi connectivity index (χ2v) is 7.03. The number of ether oxygens (including phenoxy) is 1. The highest BCUT2D eigenvalue weighted by Gasteiger charge is 2.33. The number of nitrogens with zero attached hydrogens (tertiary/aromatic N) is 1. The Morgan fingerprint density at radius 1 is 1.19 bits per heavy atom. The molecule has 0 aromatic heterocycles. The molecule has 0 aromatic rings. The molecule has 1 N–H and O–H groups in total. The normalized spacial score (nSPS) is 21.2. The van der Waals surface area contributed by atoms with Crippen LogP contribution in [0, 0.1) is 5.92 Å². The van der Waals surface area contributed by atoms with Crippen LogP contribution in [0.1, 0.15) is 59.3 Å². The highest BCUT2D eigenvalue weighted by molar-refractivity contribution is 5.76. The average Bonchev–Trinajstić information content (AvgIpc) is 3.07. The van der Waals surface area contributed by atoms with Crippen molar-refractivity contribution in [2.75, 3.05) is 19.7 Å². The second-order valence-electron chi connectivity index (χ2n) is 7.03. The molecule has 0 amide bonds. The van der Waals surface area contributed by atoms with Gasteiger partial charge in [0.2, 0.25) is 0 Å². The first kappa shape index (κ1) is 16.8. The first-order valence-corrected chi connectivity index (χ1v) is 8.76. The molecule has 4 heteroatoms. The molecule has 0 saturated heterocycles. The summed E-state index contributed by atoms with van der Waals surface area (Å²) in [4.78, 5) is 14.8. The lowest BCUT2D eigenvalue weighted by Gasteiger charge is -2.33. The molecule has 2 fully saturated rings. The van der Waals surface area contributed by atoms with Gasteiger partial charge in [-0.05, 0) is 38.5 Å². The van der Waals surface area contributed by atoms with Gasteiger partial charge in [0.25, 0.3) is 0 Å². The van der Waals surface area contributed by atoms with Gasteiger partial charge in [0.1, 0.15) is 6.04 Å². The number of esters is 1. The summed E-state index contributed by atoms with van der Waals surface area (Å²) in [6.45, 7) is 8.75. The molecule has 0 aromatic carbocycles. The van der Waals surface area contributed by atoms with E-state index >= 15 is 0 Å². The zero-order valence-corrected chi connectivity index (χ0v) is 13.9. The molecule has 4 nitrogen and oxygen atoms in total. The van der Waals surface area contributed by atoms with Gasteiger partial charge in [-0.15, -0.1) is 0 Å². The van der Waals surface area contributed by atoms with Gasteiger partial charge in [-0.2, -0.15) is 0 Å². The molecule has 21 heavy (non-hydrogen) atoms. The predicted molar refractivity (Wildman–Crippen MR) is 85.2 cm³/mol. The Morgan fingerprint density at radius 3 is 2.38 bits per heavy atom. The molecule has 0 spiro atoms. The smallest absolute Gasteiger partial charge is 0.324 e. The van der Waals surface area contributed by atoms with Crippen molar-refractivity contribution in [3.05, 3.63) is 0 Å². The van der Waals surface area contributed by atoms with Crippen LogP contribution in [0.5, 0.6) is 0 Å². The maximum Gasteiger partial charge on any atom is 0.324 e. The van der Waals surface area contributed by atoms with E-state index in [2.05, 4.69) is 24.1 Å². The largest absolute Gasteiger partial charge is 0.465 e. The fraction of sp³-hybridized carbons (Fsp3) is 0.941. The van der Waals surface area contributed by atoms with Gasteiger partial charge in [0.05, 0.1) is 6.61 Å². The summed E-state index contributed by atoms with van der Waals surface area (Å²) in [7, 11) is 0.